The number of likely N-dealkylation sites (tertiary alicyclic amines) is 1. The molecule has 4 heterocycles. The zero-order valence-electron chi connectivity index (χ0n) is 14.3. The van der Waals surface area contributed by atoms with Crippen molar-refractivity contribution in [1.29, 1.82) is 0 Å². The highest BCUT2D eigenvalue weighted by molar-refractivity contribution is 7.10. The van der Waals surface area contributed by atoms with Gasteiger partial charge in [-0.1, -0.05) is 24.1 Å². The molecule has 7 heteroatoms. The number of aromatic nitrogens is 2. The summed E-state index contributed by atoms with van der Waals surface area (Å²) in [5.74, 6) is 2.00. The Bertz CT molecular complexity index is 889. The van der Waals surface area contributed by atoms with Crippen LogP contribution in [0.2, 0.25) is 0 Å². The van der Waals surface area contributed by atoms with Crippen LogP contribution in [0.1, 0.15) is 42.4 Å². The zero-order chi connectivity index (χ0) is 17.6. The van der Waals surface area contributed by atoms with Crippen LogP contribution in [0, 0.1) is 0 Å². The van der Waals surface area contributed by atoms with E-state index in [1.165, 1.54) is 4.88 Å². The third-order valence-corrected chi connectivity index (χ3v) is 6.63. The average molecular weight is 369 g/mol. The van der Waals surface area contributed by atoms with Crippen molar-refractivity contribution in [3.63, 3.8) is 0 Å². The molecule has 2 aliphatic rings. The van der Waals surface area contributed by atoms with Crippen molar-refractivity contribution >= 4 is 17.2 Å². The molecule has 26 heavy (non-hydrogen) atoms. The van der Waals surface area contributed by atoms with Crippen LogP contribution in [0.15, 0.2) is 44.8 Å². The van der Waals surface area contributed by atoms with Crippen molar-refractivity contribution in [3.05, 3.63) is 46.7 Å². The highest BCUT2D eigenvalue weighted by Crippen LogP contribution is 2.46. The second-order valence-corrected chi connectivity index (χ2v) is 8.05. The number of carbonyl (C=O) groups is 1. The van der Waals surface area contributed by atoms with Crippen LogP contribution in [-0.2, 0) is 10.2 Å². The van der Waals surface area contributed by atoms with Gasteiger partial charge < -0.3 is 13.8 Å². The number of amides is 1. The van der Waals surface area contributed by atoms with Crippen LogP contribution < -0.4 is 0 Å². The summed E-state index contributed by atoms with van der Waals surface area (Å²) in [7, 11) is 0. The maximum absolute atomic E-state index is 13.3. The van der Waals surface area contributed by atoms with E-state index in [-0.39, 0.29) is 17.2 Å². The van der Waals surface area contributed by atoms with Crippen molar-refractivity contribution in [2.24, 2.45) is 0 Å². The highest BCUT2D eigenvalue weighted by Gasteiger charge is 2.49. The number of hydrogen-bond acceptors (Lipinski definition) is 6. The van der Waals surface area contributed by atoms with Crippen LogP contribution in [-0.4, -0.2) is 34.0 Å². The van der Waals surface area contributed by atoms with Gasteiger partial charge in [-0.2, -0.15) is 4.98 Å². The Kier molecular flexibility index (Phi) is 3.70. The van der Waals surface area contributed by atoms with Gasteiger partial charge in [0.1, 0.15) is 0 Å². The van der Waals surface area contributed by atoms with Crippen LogP contribution in [0.4, 0.5) is 0 Å². The van der Waals surface area contributed by atoms with Crippen LogP contribution in [0.3, 0.4) is 0 Å². The molecule has 0 unspecified atom stereocenters. The summed E-state index contributed by atoms with van der Waals surface area (Å²) in [6.45, 7) is 1.29. The Balaban J connectivity index is 1.30. The molecule has 0 atom stereocenters. The molecule has 0 aromatic carbocycles. The number of nitrogens with zero attached hydrogens (tertiary/aromatic N) is 3. The zero-order valence-corrected chi connectivity index (χ0v) is 15.1. The molecular weight excluding hydrogens is 350 g/mol. The fraction of sp³-hybridized carbons (Fsp3) is 0.421. The van der Waals surface area contributed by atoms with Gasteiger partial charge in [-0.15, -0.1) is 11.3 Å². The molecule has 0 N–H and O–H groups in total. The Labute approximate surface area is 154 Å². The number of hydrogen-bond donors (Lipinski definition) is 0. The molecule has 3 aromatic rings. The van der Waals surface area contributed by atoms with E-state index in [1.807, 2.05) is 11.0 Å². The minimum Gasteiger partial charge on any atom is -0.461 e. The first-order valence-electron chi connectivity index (χ1n) is 8.97. The molecule has 0 radical (unpaired) electrons. The summed E-state index contributed by atoms with van der Waals surface area (Å²) in [5.41, 5.74) is -0.312. The number of rotatable bonds is 4. The summed E-state index contributed by atoms with van der Waals surface area (Å²) in [5, 5.41) is 6.05. The number of thiophene rings is 1. The van der Waals surface area contributed by atoms with Gasteiger partial charge in [0.25, 0.3) is 0 Å². The van der Waals surface area contributed by atoms with Crippen molar-refractivity contribution in [2.75, 3.05) is 13.1 Å². The molecule has 0 spiro atoms. The van der Waals surface area contributed by atoms with Gasteiger partial charge in [0, 0.05) is 18.0 Å². The molecule has 1 aliphatic heterocycles. The smallest absolute Gasteiger partial charge is 0.238 e. The quantitative estimate of drug-likeness (QED) is 0.699. The van der Waals surface area contributed by atoms with Gasteiger partial charge in [0.15, 0.2) is 5.76 Å². The Morgan fingerprint density at radius 2 is 2.08 bits per heavy atom. The lowest BCUT2D eigenvalue weighted by Crippen LogP contribution is -2.55. The van der Waals surface area contributed by atoms with Crippen LogP contribution >= 0.6 is 11.3 Å². The summed E-state index contributed by atoms with van der Waals surface area (Å²) < 4.78 is 10.7. The van der Waals surface area contributed by atoms with Crippen molar-refractivity contribution in [1.82, 2.24) is 15.0 Å². The lowest BCUT2D eigenvalue weighted by molar-refractivity contribution is -0.142. The topological polar surface area (TPSA) is 72.4 Å². The Morgan fingerprint density at radius 3 is 2.77 bits per heavy atom. The minimum absolute atomic E-state index is 0.108. The molecular formula is C19H19N3O3S. The first-order valence-corrected chi connectivity index (χ1v) is 9.85. The second-order valence-electron chi connectivity index (χ2n) is 7.11. The van der Waals surface area contributed by atoms with Crippen LogP contribution in [0.25, 0.3) is 11.6 Å². The number of carbonyl (C=O) groups excluding carboxylic acids is 1. The van der Waals surface area contributed by atoms with Crippen molar-refractivity contribution in [2.45, 2.75) is 37.0 Å². The molecule has 5 rings (SSSR count). The summed E-state index contributed by atoms with van der Waals surface area (Å²) in [6.07, 6.45) is 5.74. The van der Waals surface area contributed by atoms with E-state index in [0.29, 0.717) is 30.6 Å². The fourth-order valence-corrected chi connectivity index (χ4v) is 5.08. The van der Waals surface area contributed by atoms with Crippen molar-refractivity contribution in [3.8, 4) is 11.6 Å². The van der Waals surface area contributed by atoms with E-state index >= 15 is 0 Å². The summed E-state index contributed by atoms with van der Waals surface area (Å²) >= 11 is 1.70. The maximum Gasteiger partial charge on any atom is 0.238 e. The van der Waals surface area contributed by atoms with E-state index in [0.717, 1.165) is 25.7 Å². The minimum atomic E-state index is -0.312. The van der Waals surface area contributed by atoms with Gasteiger partial charge in [0.2, 0.25) is 17.6 Å². The second kappa shape index (κ2) is 6.09. The monoisotopic (exact) mass is 369 g/mol. The van der Waals surface area contributed by atoms with E-state index in [2.05, 4.69) is 21.6 Å². The first-order chi connectivity index (χ1) is 12.8. The lowest BCUT2D eigenvalue weighted by atomic mass is 9.81. The predicted molar refractivity (Wildman–Crippen MR) is 95.8 cm³/mol. The molecule has 6 nitrogen and oxygen atoms in total. The number of furan rings is 1. The van der Waals surface area contributed by atoms with Gasteiger partial charge in [-0.3, -0.25) is 4.79 Å². The standard InChI is InChI=1S/C19H19N3O3S/c23-18(19(7-1-2-8-19)15-6-4-10-26-15)22-11-13(12-22)17-20-16(21-25-17)14-5-3-9-24-14/h3-6,9-10,13H,1-2,7-8,11-12H2. The van der Waals surface area contributed by atoms with Crippen LogP contribution in [0.5, 0.6) is 0 Å². The molecule has 134 valence electrons. The van der Waals surface area contributed by atoms with E-state index in [9.17, 15) is 4.79 Å². The maximum atomic E-state index is 13.3. The highest BCUT2D eigenvalue weighted by atomic mass is 32.1. The SMILES string of the molecule is O=C(N1CC(c2nc(-c3ccco3)no2)C1)C1(c2cccs2)CCCC1. The Hall–Kier alpha value is -2.41. The summed E-state index contributed by atoms with van der Waals surface area (Å²) in [6, 6.07) is 7.75. The summed E-state index contributed by atoms with van der Waals surface area (Å²) in [4.78, 5) is 20.9. The fourth-order valence-electron chi connectivity index (χ4n) is 4.11. The van der Waals surface area contributed by atoms with Gasteiger partial charge in [0.05, 0.1) is 17.6 Å². The molecule has 0 bridgehead atoms. The van der Waals surface area contributed by atoms with Gasteiger partial charge in [-0.25, -0.2) is 0 Å². The Morgan fingerprint density at radius 1 is 1.23 bits per heavy atom. The molecule has 3 aromatic heterocycles. The predicted octanol–water partition coefficient (Wildman–Crippen LogP) is 3.83. The van der Waals surface area contributed by atoms with Gasteiger partial charge in [-0.05, 0) is 36.4 Å². The molecule has 1 saturated heterocycles. The first kappa shape index (κ1) is 15.8. The van der Waals surface area contributed by atoms with E-state index in [1.54, 1.807) is 29.7 Å². The average Bonchev–Trinajstić information content (AvgIpc) is 3.41. The van der Waals surface area contributed by atoms with Gasteiger partial charge >= 0.3 is 0 Å². The lowest BCUT2D eigenvalue weighted by Gasteiger charge is -2.42. The third-order valence-electron chi connectivity index (χ3n) is 5.56. The van der Waals surface area contributed by atoms with E-state index in [4.69, 9.17) is 8.94 Å². The normalized spacial score (nSPS) is 19.6. The van der Waals surface area contributed by atoms with E-state index < -0.39 is 0 Å². The molecule has 2 fully saturated rings. The van der Waals surface area contributed by atoms with Crippen molar-refractivity contribution < 1.29 is 13.7 Å². The largest absolute Gasteiger partial charge is 0.461 e. The molecule has 1 amide bonds. The molecule has 1 aliphatic carbocycles. The molecule has 1 saturated carbocycles. The third kappa shape index (κ3) is 2.41.